The molecule has 0 radical (unpaired) electrons. The summed E-state index contributed by atoms with van der Waals surface area (Å²) in [5.41, 5.74) is 1.18. The molecule has 1 aromatic rings. The molecule has 130 valence electrons. The van der Waals surface area contributed by atoms with Crippen molar-refractivity contribution in [1.29, 1.82) is 0 Å². The van der Waals surface area contributed by atoms with E-state index in [4.69, 9.17) is 14.1 Å². The van der Waals surface area contributed by atoms with Gasteiger partial charge in [-0.1, -0.05) is 26.0 Å². The summed E-state index contributed by atoms with van der Waals surface area (Å²) in [4.78, 5) is 4.71. The maximum absolute atomic E-state index is 5.34. The van der Waals surface area contributed by atoms with Crippen molar-refractivity contribution in [3.63, 3.8) is 0 Å². The summed E-state index contributed by atoms with van der Waals surface area (Å²) in [5.74, 6) is 1.78. The van der Waals surface area contributed by atoms with Crippen molar-refractivity contribution in [2.24, 2.45) is 10.4 Å². The van der Waals surface area contributed by atoms with E-state index in [1.807, 2.05) is 19.1 Å². The van der Waals surface area contributed by atoms with E-state index in [9.17, 15) is 0 Å². The number of aliphatic imine (C=N–C) groups is 1. The molecule has 0 saturated heterocycles. The van der Waals surface area contributed by atoms with Gasteiger partial charge in [-0.3, -0.25) is 4.99 Å². The van der Waals surface area contributed by atoms with Gasteiger partial charge in [0, 0.05) is 39.8 Å². The van der Waals surface area contributed by atoms with Gasteiger partial charge >= 0.3 is 0 Å². The molecule has 0 aliphatic heterocycles. The van der Waals surface area contributed by atoms with Crippen LogP contribution < -0.4 is 10.6 Å². The number of ether oxygens (including phenoxy) is 1. The van der Waals surface area contributed by atoms with Crippen LogP contribution >= 0.6 is 0 Å². The third-order valence-corrected chi connectivity index (χ3v) is 3.45. The lowest BCUT2D eigenvalue weighted by molar-refractivity contribution is 0.155. The van der Waals surface area contributed by atoms with E-state index >= 15 is 0 Å². The standard InChI is InChI=1S/C18H31N3O2/c1-15(2)13-20-17(19-10-8-16-7-6-11-23-16)21-14-18(3,4)9-12-22-5/h6-7,11H,1,8-10,12-14H2,2-5H3,(H2,19,20,21). The number of hydrogen-bond donors (Lipinski definition) is 2. The summed E-state index contributed by atoms with van der Waals surface area (Å²) >= 11 is 0. The Morgan fingerprint density at radius 1 is 1.39 bits per heavy atom. The molecule has 0 bridgehead atoms. The zero-order chi connectivity index (χ0) is 17.1. The largest absolute Gasteiger partial charge is 0.469 e. The number of hydrogen-bond acceptors (Lipinski definition) is 3. The van der Waals surface area contributed by atoms with Gasteiger partial charge in [-0.05, 0) is 30.9 Å². The second-order valence-corrected chi connectivity index (χ2v) is 6.64. The van der Waals surface area contributed by atoms with E-state index in [0.29, 0.717) is 6.54 Å². The Kier molecular flexibility index (Phi) is 8.48. The van der Waals surface area contributed by atoms with Gasteiger partial charge < -0.3 is 19.8 Å². The Labute approximate surface area is 140 Å². The monoisotopic (exact) mass is 321 g/mol. The van der Waals surface area contributed by atoms with Crippen LogP contribution in [0, 0.1) is 5.41 Å². The Morgan fingerprint density at radius 2 is 2.17 bits per heavy atom. The van der Waals surface area contributed by atoms with E-state index in [-0.39, 0.29) is 5.41 Å². The minimum atomic E-state index is 0.106. The molecule has 0 aromatic carbocycles. The van der Waals surface area contributed by atoms with Crippen LogP contribution in [0.3, 0.4) is 0 Å². The zero-order valence-corrected chi connectivity index (χ0v) is 14.9. The Hall–Kier alpha value is -1.75. The smallest absolute Gasteiger partial charge is 0.191 e. The number of guanidine groups is 1. The van der Waals surface area contributed by atoms with Crippen molar-refractivity contribution in [2.45, 2.75) is 33.6 Å². The van der Waals surface area contributed by atoms with Gasteiger partial charge in [-0.15, -0.1) is 0 Å². The zero-order valence-electron chi connectivity index (χ0n) is 14.9. The third kappa shape index (κ3) is 9.08. The minimum Gasteiger partial charge on any atom is -0.469 e. The van der Waals surface area contributed by atoms with Crippen molar-refractivity contribution in [2.75, 3.05) is 33.4 Å². The summed E-state index contributed by atoms with van der Waals surface area (Å²) in [7, 11) is 1.73. The summed E-state index contributed by atoms with van der Waals surface area (Å²) in [5, 5.41) is 6.65. The fourth-order valence-electron chi connectivity index (χ4n) is 1.92. The maximum Gasteiger partial charge on any atom is 0.191 e. The Bertz CT molecular complexity index is 478. The average Bonchev–Trinajstić information content (AvgIpc) is 3.00. The number of methoxy groups -OCH3 is 1. The molecule has 0 fully saturated rings. The lowest BCUT2D eigenvalue weighted by Gasteiger charge is -2.22. The van der Waals surface area contributed by atoms with Crippen molar-refractivity contribution in [3.8, 4) is 0 Å². The highest BCUT2D eigenvalue weighted by Gasteiger charge is 2.17. The predicted molar refractivity (Wildman–Crippen MR) is 95.8 cm³/mol. The molecule has 1 heterocycles. The highest BCUT2D eigenvalue weighted by Crippen LogP contribution is 2.20. The van der Waals surface area contributed by atoms with E-state index < -0.39 is 0 Å². The first kappa shape index (κ1) is 19.3. The third-order valence-electron chi connectivity index (χ3n) is 3.45. The fraction of sp³-hybridized carbons (Fsp3) is 0.611. The predicted octanol–water partition coefficient (Wildman–Crippen LogP) is 3.00. The molecule has 1 aromatic heterocycles. The SMILES string of the molecule is C=C(C)CNC(=NCC(C)(C)CCOC)NCCc1ccco1. The highest BCUT2D eigenvalue weighted by molar-refractivity contribution is 5.80. The van der Waals surface area contributed by atoms with Crippen molar-refractivity contribution < 1.29 is 9.15 Å². The van der Waals surface area contributed by atoms with Crippen LogP contribution in [-0.2, 0) is 11.2 Å². The molecular formula is C18H31N3O2. The van der Waals surface area contributed by atoms with E-state index in [1.165, 1.54) is 0 Å². The molecule has 5 nitrogen and oxygen atoms in total. The molecule has 0 unspecified atom stereocenters. The van der Waals surface area contributed by atoms with Gasteiger partial charge in [0.15, 0.2) is 5.96 Å². The van der Waals surface area contributed by atoms with E-state index in [2.05, 4.69) is 31.1 Å². The van der Waals surface area contributed by atoms with Crippen molar-refractivity contribution in [1.82, 2.24) is 10.6 Å². The second kappa shape index (κ2) is 10.1. The molecule has 5 heteroatoms. The van der Waals surface area contributed by atoms with Gasteiger partial charge in [-0.2, -0.15) is 0 Å². The molecule has 0 amide bonds. The first-order valence-corrected chi connectivity index (χ1v) is 8.11. The lowest BCUT2D eigenvalue weighted by atomic mass is 9.90. The molecular weight excluding hydrogens is 290 g/mol. The molecule has 0 saturated carbocycles. The van der Waals surface area contributed by atoms with Gasteiger partial charge in [-0.25, -0.2) is 0 Å². The number of rotatable bonds is 10. The van der Waals surface area contributed by atoms with Crippen LogP contribution in [0.2, 0.25) is 0 Å². The fourth-order valence-corrected chi connectivity index (χ4v) is 1.92. The van der Waals surface area contributed by atoms with Gasteiger partial charge in [0.25, 0.3) is 0 Å². The van der Waals surface area contributed by atoms with Crippen LogP contribution in [0.25, 0.3) is 0 Å². The molecule has 23 heavy (non-hydrogen) atoms. The first-order chi connectivity index (χ1) is 10.9. The summed E-state index contributed by atoms with van der Waals surface area (Å²) < 4.78 is 10.5. The van der Waals surface area contributed by atoms with E-state index in [0.717, 1.165) is 49.8 Å². The van der Waals surface area contributed by atoms with Crippen LogP contribution in [0.15, 0.2) is 40.0 Å². The second-order valence-electron chi connectivity index (χ2n) is 6.64. The molecule has 1 rings (SSSR count). The summed E-state index contributed by atoms with van der Waals surface area (Å²) in [6, 6.07) is 3.88. The van der Waals surface area contributed by atoms with Crippen LogP contribution in [0.5, 0.6) is 0 Å². The normalized spacial score (nSPS) is 12.3. The van der Waals surface area contributed by atoms with Crippen molar-refractivity contribution >= 4 is 5.96 Å². The maximum atomic E-state index is 5.34. The Morgan fingerprint density at radius 3 is 2.78 bits per heavy atom. The highest BCUT2D eigenvalue weighted by atomic mass is 16.5. The quantitative estimate of drug-likeness (QED) is 0.395. The topological polar surface area (TPSA) is 58.8 Å². The van der Waals surface area contributed by atoms with Crippen LogP contribution in [-0.4, -0.2) is 39.3 Å². The van der Waals surface area contributed by atoms with Gasteiger partial charge in [0.05, 0.1) is 6.26 Å². The minimum absolute atomic E-state index is 0.106. The molecule has 0 aliphatic carbocycles. The number of furan rings is 1. The molecule has 0 aliphatic rings. The van der Waals surface area contributed by atoms with Gasteiger partial charge in [0.2, 0.25) is 0 Å². The van der Waals surface area contributed by atoms with E-state index in [1.54, 1.807) is 13.4 Å². The van der Waals surface area contributed by atoms with Crippen LogP contribution in [0.4, 0.5) is 0 Å². The van der Waals surface area contributed by atoms with Gasteiger partial charge in [0.1, 0.15) is 5.76 Å². The Balaban J connectivity index is 2.51. The lowest BCUT2D eigenvalue weighted by Crippen LogP contribution is -2.40. The first-order valence-electron chi connectivity index (χ1n) is 8.11. The average molecular weight is 321 g/mol. The molecule has 0 atom stereocenters. The summed E-state index contributed by atoms with van der Waals surface area (Å²) in [6.07, 6.45) is 3.50. The number of nitrogens with one attached hydrogen (secondary N) is 2. The molecule has 0 spiro atoms. The summed E-state index contributed by atoms with van der Waals surface area (Å²) in [6.45, 7) is 13.3. The molecule has 2 N–H and O–H groups in total. The van der Waals surface area contributed by atoms with Crippen LogP contribution in [0.1, 0.15) is 33.0 Å². The number of nitrogens with zero attached hydrogens (tertiary/aromatic N) is 1. The van der Waals surface area contributed by atoms with Crippen molar-refractivity contribution in [3.05, 3.63) is 36.3 Å².